The summed E-state index contributed by atoms with van der Waals surface area (Å²) in [5.74, 6) is 1.57. The number of hydrogen-bond donors (Lipinski definition) is 0. The molecule has 0 bridgehead atoms. The first kappa shape index (κ1) is 26.2. The minimum absolute atomic E-state index is 0. The van der Waals surface area contributed by atoms with E-state index in [4.69, 9.17) is 0 Å². The van der Waals surface area contributed by atoms with E-state index in [0.29, 0.717) is 18.6 Å². The number of nitrogens with zero attached hydrogens (tertiary/aromatic N) is 2. The van der Waals surface area contributed by atoms with Crippen LogP contribution in [0.1, 0.15) is 32.6 Å². The van der Waals surface area contributed by atoms with Gasteiger partial charge in [-0.3, -0.25) is 4.79 Å². The van der Waals surface area contributed by atoms with Crippen LogP contribution in [0, 0.1) is 24.0 Å². The molecule has 137 valence electrons. The number of carbonyl (C=O) groups excluding carboxylic acids is 2. The second kappa shape index (κ2) is 16.5. The van der Waals surface area contributed by atoms with Gasteiger partial charge in [-0.25, -0.2) is 0 Å². The van der Waals surface area contributed by atoms with Crippen LogP contribution in [0.5, 0.6) is 0 Å². The van der Waals surface area contributed by atoms with Gasteiger partial charge in [0.1, 0.15) is 6.61 Å². The van der Waals surface area contributed by atoms with Gasteiger partial charge in [-0.1, -0.05) is 28.5 Å². The molecule has 1 heterocycles. The summed E-state index contributed by atoms with van der Waals surface area (Å²) in [5.41, 5.74) is 0. The third-order valence-corrected chi connectivity index (χ3v) is 5.37. The number of amides is 1. The quantitative estimate of drug-likeness (QED) is 0.165. The first-order chi connectivity index (χ1) is 10.9. The van der Waals surface area contributed by atoms with Crippen LogP contribution in [0.15, 0.2) is 0 Å². The van der Waals surface area contributed by atoms with E-state index < -0.39 is 5.09 Å². The predicted octanol–water partition coefficient (Wildman–Crippen LogP) is 2.59. The first-order valence-corrected chi connectivity index (χ1v) is 9.89. The number of hydrogen-bond acceptors (Lipinski definition) is 7. The molecule has 0 aromatic rings. The van der Waals surface area contributed by atoms with E-state index in [1.54, 1.807) is 26.5 Å². The van der Waals surface area contributed by atoms with Crippen LogP contribution in [0.2, 0.25) is 0 Å². The fraction of sp³-hybridized carbons (Fsp3) is 0.714. The van der Waals surface area contributed by atoms with Crippen molar-refractivity contribution in [1.29, 1.82) is 0 Å². The SMILES string of the molecule is [CH2-]C(=O)[C@H](CC)N1CCCC1=O.[CH2-]CCSSCCO[N+](=O)[O-].[Y]. The zero-order valence-electron chi connectivity index (χ0n) is 14.0. The molecule has 1 fully saturated rings. The molecule has 1 atom stereocenters. The number of likely N-dealkylation sites (tertiary alicyclic amines) is 1. The van der Waals surface area contributed by atoms with Crippen LogP contribution in [-0.4, -0.2) is 52.4 Å². The summed E-state index contributed by atoms with van der Waals surface area (Å²) in [4.78, 5) is 37.6. The fourth-order valence-corrected chi connectivity index (χ4v) is 3.70. The molecule has 0 aromatic carbocycles. The van der Waals surface area contributed by atoms with Gasteiger partial charge in [0.25, 0.3) is 5.09 Å². The molecule has 24 heavy (non-hydrogen) atoms. The number of rotatable bonds is 10. The summed E-state index contributed by atoms with van der Waals surface area (Å²) in [6.45, 7) is 9.81. The van der Waals surface area contributed by atoms with Crippen molar-refractivity contribution in [2.45, 2.75) is 38.6 Å². The van der Waals surface area contributed by atoms with Gasteiger partial charge in [-0.2, -0.15) is 6.42 Å². The molecular weight excluding hydrogens is 429 g/mol. The van der Waals surface area contributed by atoms with Gasteiger partial charge >= 0.3 is 0 Å². The standard InChI is InChI=1S/C9H14NO2.C5H10NO3S2.Y/c1-3-8(7(2)11)10-6-4-5-9(10)12;1-2-4-10-11-5-3-9-6(7)8;/h8H,2-6H2,1H3;1-5H2;/q2*-1;/t8-;;/m0../s1. The third kappa shape index (κ3) is 12.4. The maximum Gasteiger partial charge on any atom is 0.294 e. The molecule has 0 aliphatic carbocycles. The van der Waals surface area contributed by atoms with Gasteiger partial charge in [0.05, 0.1) is 6.04 Å². The summed E-state index contributed by atoms with van der Waals surface area (Å²) in [5, 5.41) is 8.87. The van der Waals surface area contributed by atoms with E-state index in [1.165, 1.54) is 0 Å². The van der Waals surface area contributed by atoms with Gasteiger partial charge < -0.3 is 28.4 Å². The minimum atomic E-state index is -0.771. The Kier molecular flexibility index (Phi) is 18.0. The van der Waals surface area contributed by atoms with Crippen LogP contribution >= 0.6 is 21.6 Å². The van der Waals surface area contributed by atoms with Crippen molar-refractivity contribution < 1.29 is 52.2 Å². The maximum absolute atomic E-state index is 11.2. The van der Waals surface area contributed by atoms with Crippen LogP contribution in [-0.2, 0) is 47.1 Å². The van der Waals surface area contributed by atoms with Crippen LogP contribution in [0.25, 0.3) is 0 Å². The molecule has 0 N–H and O–H groups in total. The predicted molar refractivity (Wildman–Crippen MR) is 93.2 cm³/mol. The summed E-state index contributed by atoms with van der Waals surface area (Å²) < 4.78 is 0. The Morgan fingerprint density at radius 2 is 2.08 bits per heavy atom. The zero-order chi connectivity index (χ0) is 17.7. The normalized spacial score (nSPS) is 14.2. The Bertz CT molecular complexity index is 388. The van der Waals surface area contributed by atoms with Gasteiger partial charge in [0.15, 0.2) is 0 Å². The van der Waals surface area contributed by atoms with Crippen LogP contribution in [0.3, 0.4) is 0 Å². The fourth-order valence-electron chi connectivity index (χ4n) is 1.94. The Labute approximate surface area is 176 Å². The van der Waals surface area contributed by atoms with E-state index in [2.05, 4.69) is 18.7 Å². The largest absolute Gasteiger partial charge is 0.343 e. The van der Waals surface area contributed by atoms with Crippen molar-refractivity contribution in [2.24, 2.45) is 0 Å². The molecule has 7 nitrogen and oxygen atoms in total. The second-order valence-electron chi connectivity index (χ2n) is 4.64. The molecule has 1 saturated heterocycles. The number of ketones is 1. The summed E-state index contributed by atoms with van der Waals surface area (Å²) in [6, 6.07) is -0.278. The van der Waals surface area contributed by atoms with Crippen molar-refractivity contribution in [3.63, 3.8) is 0 Å². The van der Waals surface area contributed by atoms with Crippen molar-refractivity contribution in [3.8, 4) is 0 Å². The minimum Gasteiger partial charge on any atom is -0.343 e. The van der Waals surface area contributed by atoms with Gasteiger partial charge in [-0.05, 0) is 18.6 Å². The molecule has 1 amide bonds. The summed E-state index contributed by atoms with van der Waals surface area (Å²) >= 11 is 0. The van der Waals surface area contributed by atoms with Crippen molar-refractivity contribution in [2.75, 3.05) is 24.7 Å². The average Bonchev–Trinajstić information content (AvgIpc) is 2.90. The van der Waals surface area contributed by atoms with Crippen molar-refractivity contribution >= 4 is 33.3 Å². The Morgan fingerprint density at radius 3 is 2.50 bits per heavy atom. The number of Topliss-reactive ketones (excluding diaryl/α,β-unsaturated/α-hetero) is 1. The molecule has 1 rings (SSSR count). The smallest absolute Gasteiger partial charge is 0.294 e. The molecule has 1 aliphatic heterocycles. The second-order valence-corrected chi connectivity index (χ2v) is 7.34. The number of carbonyl (C=O) groups is 2. The Hall–Kier alpha value is 0.0139. The van der Waals surface area contributed by atoms with Crippen LogP contribution < -0.4 is 0 Å². The summed E-state index contributed by atoms with van der Waals surface area (Å²) in [6.07, 6.45) is 3.02. The topological polar surface area (TPSA) is 89.8 Å². The van der Waals surface area contributed by atoms with Crippen molar-refractivity contribution in [1.82, 2.24) is 4.90 Å². The van der Waals surface area contributed by atoms with E-state index in [0.717, 1.165) is 25.1 Å². The first-order valence-electron chi connectivity index (χ1n) is 7.40. The van der Waals surface area contributed by atoms with Gasteiger partial charge in [-0.15, -0.1) is 10.1 Å². The Morgan fingerprint density at radius 1 is 1.46 bits per heavy atom. The summed E-state index contributed by atoms with van der Waals surface area (Å²) in [7, 11) is 3.22. The van der Waals surface area contributed by atoms with Crippen molar-refractivity contribution in [3.05, 3.63) is 24.0 Å². The molecule has 0 aromatic heterocycles. The van der Waals surface area contributed by atoms with E-state index in [-0.39, 0.29) is 57.0 Å². The molecule has 1 radical (unpaired) electrons. The molecular formula is C14H24N2O5S2Y-2. The van der Waals surface area contributed by atoms with Gasteiger partial charge in [0, 0.05) is 57.2 Å². The molecule has 0 unspecified atom stereocenters. The molecule has 1 aliphatic rings. The van der Waals surface area contributed by atoms with E-state index >= 15 is 0 Å². The average molecular weight is 453 g/mol. The maximum atomic E-state index is 11.2. The Balaban J connectivity index is 0. The zero-order valence-corrected chi connectivity index (χ0v) is 18.4. The van der Waals surface area contributed by atoms with Crippen LogP contribution in [0.4, 0.5) is 0 Å². The van der Waals surface area contributed by atoms with E-state index in [1.807, 2.05) is 6.92 Å². The third-order valence-electron chi connectivity index (χ3n) is 2.92. The molecule has 0 saturated carbocycles. The van der Waals surface area contributed by atoms with E-state index in [9.17, 15) is 19.7 Å². The monoisotopic (exact) mass is 453 g/mol. The molecule has 10 heteroatoms. The van der Waals surface area contributed by atoms with Gasteiger partial charge in [0.2, 0.25) is 5.91 Å². The molecule has 0 spiro atoms.